The van der Waals surface area contributed by atoms with Crippen LogP contribution in [0.1, 0.15) is 25.7 Å². The van der Waals surface area contributed by atoms with Gasteiger partial charge in [0.25, 0.3) is 0 Å². The Kier molecular flexibility index (Phi) is 3.14. The zero-order valence-electron chi connectivity index (χ0n) is 10.2. The van der Waals surface area contributed by atoms with Crippen LogP contribution >= 0.6 is 0 Å². The standard InChI is InChI=1S/C13H20N4/c1-2-4-11(3-1)16-13-9-12(5-6-15-13)17-8-7-14-10-17/h5-6,9,11,14H,1-4,7-8,10H2,(H,15,16). The van der Waals surface area contributed by atoms with Gasteiger partial charge in [-0.1, -0.05) is 12.8 Å². The first-order valence-electron chi connectivity index (χ1n) is 6.60. The summed E-state index contributed by atoms with van der Waals surface area (Å²) in [5, 5.41) is 6.90. The highest BCUT2D eigenvalue weighted by Crippen LogP contribution is 2.23. The fourth-order valence-corrected chi connectivity index (χ4v) is 2.70. The van der Waals surface area contributed by atoms with Crippen molar-refractivity contribution in [3.63, 3.8) is 0 Å². The number of pyridine rings is 1. The van der Waals surface area contributed by atoms with Gasteiger partial charge < -0.3 is 10.2 Å². The molecule has 0 bridgehead atoms. The lowest BCUT2D eigenvalue weighted by Crippen LogP contribution is -2.21. The van der Waals surface area contributed by atoms with Gasteiger partial charge >= 0.3 is 0 Å². The molecule has 4 nitrogen and oxygen atoms in total. The molecule has 2 fully saturated rings. The van der Waals surface area contributed by atoms with Gasteiger partial charge in [-0.15, -0.1) is 0 Å². The fourth-order valence-electron chi connectivity index (χ4n) is 2.70. The number of aromatic nitrogens is 1. The molecule has 17 heavy (non-hydrogen) atoms. The summed E-state index contributed by atoms with van der Waals surface area (Å²) in [4.78, 5) is 6.76. The predicted octanol–water partition coefficient (Wildman–Crippen LogP) is 1.80. The first kappa shape index (κ1) is 10.8. The van der Waals surface area contributed by atoms with E-state index in [-0.39, 0.29) is 0 Å². The van der Waals surface area contributed by atoms with Gasteiger partial charge in [0.05, 0.1) is 6.67 Å². The number of nitrogens with one attached hydrogen (secondary N) is 2. The van der Waals surface area contributed by atoms with Crippen LogP contribution in [0.15, 0.2) is 18.3 Å². The summed E-state index contributed by atoms with van der Waals surface area (Å²) in [6.45, 7) is 3.12. The van der Waals surface area contributed by atoms with Gasteiger partial charge in [-0.25, -0.2) is 4.98 Å². The molecule has 1 aromatic heterocycles. The van der Waals surface area contributed by atoms with Crippen LogP contribution in [0.25, 0.3) is 0 Å². The van der Waals surface area contributed by atoms with Gasteiger partial charge in [0.15, 0.2) is 0 Å². The maximum Gasteiger partial charge on any atom is 0.128 e. The third-order valence-corrected chi connectivity index (χ3v) is 3.68. The first-order valence-corrected chi connectivity index (χ1v) is 6.60. The summed E-state index contributed by atoms with van der Waals surface area (Å²) in [7, 11) is 0. The average Bonchev–Trinajstić information content (AvgIpc) is 3.01. The second-order valence-corrected chi connectivity index (χ2v) is 4.95. The molecular weight excluding hydrogens is 212 g/mol. The van der Waals surface area contributed by atoms with Crippen molar-refractivity contribution in [2.75, 3.05) is 30.0 Å². The summed E-state index contributed by atoms with van der Waals surface area (Å²) in [5.74, 6) is 1.03. The minimum Gasteiger partial charge on any atom is -0.367 e. The first-order chi connectivity index (χ1) is 8.42. The Morgan fingerprint density at radius 3 is 3.00 bits per heavy atom. The van der Waals surface area contributed by atoms with Gasteiger partial charge in [0, 0.05) is 37.1 Å². The minimum atomic E-state index is 0.634. The molecule has 1 saturated carbocycles. The van der Waals surface area contributed by atoms with Crippen molar-refractivity contribution in [1.29, 1.82) is 0 Å². The van der Waals surface area contributed by atoms with Gasteiger partial charge in [-0.05, 0) is 18.9 Å². The molecule has 2 aliphatic rings. The monoisotopic (exact) mass is 232 g/mol. The van der Waals surface area contributed by atoms with Crippen LogP contribution in [0.2, 0.25) is 0 Å². The van der Waals surface area contributed by atoms with Gasteiger partial charge in [0.1, 0.15) is 5.82 Å². The highest BCUT2D eigenvalue weighted by Gasteiger charge is 2.16. The van der Waals surface area contributed by atoms with Crippen LogP contribution in [0.4, 0.5) is 11.5 Å². The van der Waals surface area contributed by atoms with Crippen LogP contribution in [0.3, 0.4) is 0 Å². The molecule has 1 aliphatic carbocycles. The molecule has 1 aromatic rings. The van der Waals surface area contributed by atoms with Crippen LogP contribution in [0.5, 0.6) is 0 Å². The molecular formula is C13H20N4. The second-order valence-electron chi connectivity index (χ2n) is 4.95. The summed E-state index contributed by atoms with van der Waals surface area (Å²) < 4.78 is 0. The Bertz CT molecular complexity index is 367. The van der Waals surface area contributed by atoms with Crippen LogP contribution in [-0.2, 0) is 0 Å². The van der Waals surface area contributed by atoms with E-state index in [9.17, 15) is 0 Å². The topological polar surface area (TPSA) is 40.2 Å². The zero-order valence-corrected chi connectivity index (χ0v) is 10.2. The molecule has 3 rings (SSSR count). The van der Waals surface area contributed by atoms with Crippen molar-refractivity contribution in [2.45, 2.75) is 31.7 Å². The Hall–Kier alpha value is -1.29. The van der Waals surface area contributed by atoms with E-state index in [2.05, 4.69) is 32.7 Å². The van der Waals surface area contributed by atoms with Crippen LogP contribution in [-0.4, -0.2) is 30.8 Å². The lowest BCUT2D eigenvalue weighted by Gasteiger charge is -2.18. The molecule has 2 heterocycles. The number of nitrogens with zero attached hydrogens (tertiary/aromatic N) is 2. The maximum atomic E-state index is 4.42. The lowest BCUT2D eigenvalue weighted by atomic mass is 10.2. The molecule has 0 aromatic carbocycles. The zero-order chi connectivity index (χ0) is 11.5. The number of anilines is 2. The molecule has 1 aliphatic heterocycles. The molecule has 0 unspecified atom stereocenters. The summed E-state index contributed by atoms with van der Waals surface area (Å²) in [6.07, 6.45) is 7.19. The molecule has 0 amide bonds. The van der Waals surface area contributed by atoms with E-state index in [1.165, 1.54) is 31.4 Å². The van der Waals surface area contributed by atoms with Crippen LogP contribution in [0, 0.1) is 0 Å². The van der Waals surface area contributed by atoms with Gasteiger partial charge in [-0.3, -0.25) is 5.32 Å². The van der Waals surface area contributed by atoms with E-state index in [0.717, 1.165) is 25.6 Å². The second kappa shape index (κ2) is 4.92. The van der Waals surface area contributed by atoms with Crippen molar-refractivity contribution in [1.82, 2.24) is 10.3 Å². The van der Waals surface area contributed by atoms with E-state index in [4.69, 9.17) is 0 Å². The summed E-state index contributed by atoms with van der Waals surface area (Å²) in [6, 6.07) is 4.90. The number of hydrogen-bond donors (Lipinski definition) is 2. The van der Waals surface area contributed by atoms with Gasteiger partial charge in [0.2, 0.25) is 0 Å². The molecule has 2 N–H and O–H groups in total. The van der Waals surface area contributed by atoms with Crippen molar-refractivity contribution in [2.24, 2.45) is 0 Å². The Balaban J connectivity index is 1.69. The third kappa shape index (κ3) is 2.52. The Labute approximate surface area is 102 Å². The maximum absolute atomic E-state index is 4.42. The molecule has 1 saturated heterocycles. The Morgan fingerprint density at radius 2 is 2.24 bits per heavy atom. The van der Waals surface area contributed by atoms with Crippen molar-refractivity contribution >= 4 is 11.5 Å². The quantitative estimate of drug-likeness (QED) is 0.834. The number of rotatable bonds is 3. The van der Waals surface area contributed by atoms with E-state index >= 15 is 0 Å². The summed E-state index contributed by atoms with van der Waals surface area (Å²) in [5.41, 5.74) is 1.27. The van der Waals surface area contributed by atoms with Gasteiger partial charge in [-0.2, -0.15) is 0 Å². The van der Waals surface area contributed by atoms with Crippen molar-refractivity contribution < 1.29 is 0 Å². The molecule has 0 radical (unpaired) electrons. The highest BCUT2D eigenvalue weighted by atomic mass is 15.3. The number of hydrogen-bond acceptors (Lipinski definition) is 4. The molecule has 0 spiro atoms. The fraction of sp³-hybridized carbons (Fsp3) is 0.615. The Morgan fingerprint density at radius 1 is 1.35 bits per heavy atom. The smallest absolute Gasteiger partial charge is 0.128 e. The average molecular weight is 232 g/mol. The van der Waals surface area contributed by atoms with Crippen molar-refractivity contribution in [3.05, 3.63) is 18.3 Å². The van der Waals surface area contributed by atoms with Crippen LogP contribution < -0.4 is 15.5 Å². The normalized spacial score (nSPS) is 21.1. The summed E-state index contributed by atoms with van der Waals surface area (Å²) >= 11 is 0. The molecule has 4 heteroatoms. The lowest BCUT2D eigenvalue weighted by molar-refractivity contribution is 0.750. The van der Waals surface area contributed by atoms with E-state index < -0.39 is 0 Å². The van der Waals surface area contributed by atoms with Crippen molar-refractivity contribution in [3.8, 4) is 0 Å². The van der Waals surface area contributed by atoms with E-state index in [1.54, 1.807) is 0 Å². The highest BCUT2D eigenvalue weighted by molar-refractivity contribution is 5.54. The molecule has 92 valence electrons. The van der Waals surface area contributed by atoms with E-state index in [0.29, 0.717) is 6.04 Å². The third-order valence-electron chi connectivity index (χ3n) is 3.68. The largest absolute Gasteiger partial charge is 0.367 e. The minimum absolute atomic E-state index is 0.634. The molecule has 0 atom stereocenters. The van der Waals surface area contributed by atoms with E-state index in [1.807, 2.05) is 6.20 Å². The predicted molar refractivity (Wildman–Crippen MR) is 70.3 cm³/mol. The SMILES string of the molecule is c1cc(N2CCNC2)cc(NC2CCCC2)n1.